The van der Waals surface area contributed by atoms with E-state index in [4.69, 9.17) is 0 Å². The maximum Gasteiger partial charge on any atom is 0.307 e. The molecular weight excluding hydrogens is 276 g/mol. The maximum absolute atomic E-state index is 12.6. The van der Waals surface area contributed by atoms with Crippen LogP contribution < -0.4 is 0 Å². The molecule has 0 radical (unpaired) electrons. The van der Waals surface area contributed by atoms with Gasteiger partial charge < -0.3 is 10.0 Å². The number of nitrogens with zero attached hydrogens (tertiary/aromatic N) is 2. The molecule has 3 rings (SSSR count). The molecule has 4 atom stereocenters. The molecule has 1 amide bonds. The summed E-state index contributed by atoms with van der Waals surface area (Å²) in [4.78, 5) is 29.8. The van der Waals surface area contributed by atoms with Gasteiger partial charge in [0, 0.05) is 12.4 Å². The Hall–Kier alpha value is -1.69. The zero-order valence-electron chi connectivity index (χ0n) is 11.1. The zero-order chi connectivity index (χ0) is 14.3. The van der Waals surface area contributed by atoms with Crippen molar-refractivity contribution in [2.75, 3.05) is 7.05 Å². The molecule has 2 aliphatic rings. The second kappa shape index (κ2) is 5.01. The van der Waals surface area contributed by atoms with E-state index in [1.165, 1.54) is 11.3 Å². The van der Waals surface area contributed by atoms with Crippen LogP contribution in [0.5, 0.6) is 0 Å². The third-order valence-corrected chi connectivity index (χ3v) is 4.92. The topological polar surface area (TPSA) is 70.5 Å². The summed E-state index contributed by atoms with van der Waals surface area (Å²) in [5.41, 5.74) is 2.57. The van der Waals surface area contributed by atoms with E-state index in [1.54, 1.807) is 17.5 Å². The predicted molar refractivity (Wildman–Crippen MR) is 73.9 cm³/mol. The first-order valence-corrected chi connectivity index (χ1v) is 7.55. The van der Waals surface area contributed by atoms with Crippen LogP contribution in [-0.4, -0.2) is 33.9 Å². The first-order valence-electron chi connectivity index (χ1n) is 6.61. The summed E-state index contributed by atoms with van der Waals surface area (Å²) in [6.45, 7) is 0.437. The van der Waals surface area contributed by atoms with Gasteiger partial charge in [-0.2, -0.15) is 0 Å². The lowest BCUT2D eigenvalue weighted by atomic mass is 9.82. The molecule has 106 valence electrons. The fourth-order valence-corrected chi connectivity index (χ4v) is 3.94. The third-order valence-electron chi connectivity index (χ3n) is 4.29. The molecule has 1 fully saturated rings. The van der Waals surface area contributed by atoms with E-state index in [9.17, 15) is 14.7 Å². The Labute approximate surface area is 120 Å². The van der Waals surface area contributed by atoms with Gasteiger partial charge in [0.1, 0.15) is 0 Å². The quantitative estimate of drug-likeness (QED) is 0.856. The second-order valence-corrected chi connectivity index (χ2v) is 6.23. The number of hydrogen-bond donors (Lipinski definition) is 1. The van der Waals surface area contributed by atoms with E-state index in [0.29, 0.717) is 6.54 Å². The summed E-state index contributed by atoms with van der Waals surface area (Å²) in [7, 11) is 1.72. The van der Waals surface area contributed by atoms with Gasteiger partial charge in [0.25, 0.3) is 0 Å². The summed E-state index contributed by atoms with van der Waals surface area (Å²) in [6, 6.07) is 0. The lowest BCUT2D eigenvalue weighted by Crippen LogP contribution is -2.40. The van der Waals surface area contributed by atoms with Crippen molar-refractivity contribution in [3.63, 3.8) is 0 Å². The number of amides is 1. The summed E-state index contributed by atoms with van der Waals surface area (Å²) in [5, 5.41) is 11.3. The maximum atomic E-state index is 12.6. The molecule has 0 spiro atoms. The fourth-order valence-electron chi connectivity index (χ4n) is 3.39. The van der Waals surface area contributed by atoms with E-state index in [0.717, 1.165) is 12.1 Å². The van der Waals surface area contributed by atoms with Gasteiger partial charge >= 0.3 is 5.97 Å². The SMILES string of the molecule is CN(Cc1cscn1)C(=O)C1C2C=CC(C2)C1C(=O)O. The molecule has 20 heavy (non-hydrogen) atoms. The van der Waals surface area contributed by atoms with Crippen LogP contribution in [0.25, 0.3) is 0 Å². The highest BCUT2D eigenvalue weighted by molar-refractivity contribution is 7.07. The van der Waals surface area contributed by atoms with Crippen molar-refractivity contribution in [3.05, 3.63) is 28.7 Å². The highest BCUT2D eigenvalue weighted by Crippen LogP contribution is 2.48. The number of carboxylic acids is 1. The van der Waals surface area contributed by atoms with Crippen molar-refractivity contribution in [2.45, 2.75) is 13.0 Å². The molecule has 1 N–H and O–H groups in total. The van der Waals surface area contributed by atoms with Crippen LogP contribution in [0.2, 0.25) is 0 Å². The highest BCUT2D eigenvalue weighted by atomic mass is 32.1. The average Bonchev–Trinajstić information content (AvgIpc) is 3.12. The van der Waals surface area contributed by atoms with E-state index < -0.39 is 17.8 Å². The van der Waals surface area contributed by atoms with E-state index in [-0.39, 0.29) is 17.7 Å². The Kier molecular flexibility index (Phi) is 3.33. The van der Waals surface area contributed by atoms with Crippen molar-refractivity contribution in [2.24, 2.45) is 23.7 Å². The smallest absolute Gasteiger partial charge is 0.307 e. The van der Waals surface area contributed by atoms with Crippen LogP contribution in [0.15, 0.2) is 23.0 Å². The molecular formula is C14H16N2O3S. The van der Waals surface area contributed by atoms with Crippen molar-refractivity contribution < 1.29 is 14.7 Å². The minimum absolute atomic E-state index is 0.0131. The lowest BCUT2D eigenvalue weighted by Gasteiger charge is -2.28. The number of hydrogen-bond acceptors (Lipinski definition) is 4. The number of carbonyl (C=O) groups excluding carboxylic acids is 1. The van der Waals surface area contributed by atoms with Crippen molar-refractivity contribution >= 4 is 23.2 Å². The van der Waals surface area contributed by atoms with Gasteiger partial charge in [-0.15, -0.1) is 11.3 Å². The first kappa shape index (κ1) is 13.3. The summed E-state index contributed by atoms with van der Waals surface area (Å²) in [5.74, 6) is -1.85. The van der Waals surface area contributed by atoms with Gasteiger partial charge in [0.05, 0.1) is 29.6 Å². The second-order valence-electron chi connectivity index (χ2n) is 5.51. The number of aliphatic carboxylic acids is 1. The molecule has 1 heterocycles. The van der Waals surface area contributed by atoms with Crippen molar-refractivity contribution in [3.8, 4) is 0 Å². The molecule has 6 heteroatoms. The number of carbonyl (C=O) groups is 2. The van der Waals surface area contributed by atoms with Crippen molar-refractivity contribution in [1.82, 2.24) is 9.88 Å². The normalized spacial score (nSPS) is 30.6. The molecule has 0 aliphatic heterocycles. The molecule has 5 nitrogen and oxygen atoms in total. The molecule has 1 aromatic heterocycles. The van der Waals surface area contributed by atoms with Gasteiger partial charge in [-0.1, -0.05) is 12.2 Å². The molecule has 1 saturated carbocycles. The highest BCUT2D eigenvalue weighted by Gasteiger charge is 2.52. The summed E-state index contributed by atoms with van der Waals surface area (Å²) >= 11 is 1.49. The minimum atomic E-state index is -0.859. The third kappa shape index (κ3) is 2.14. The van der Waals surface area contributed by atoms with Crippen LogP contribution >= 0.6 is 11.3 Å². The van der Waals surface area contributed by atoms with Gasteiger partial charge in [-0.3, -0.25) is 9.59 Å². The van der Waals surface area contributed by atoms with Crippen LogP contribution in [0.3, 0.4) is 0 Å². The molecule has 4 unspecified atom stereocenters. The predicted octanol–water partition coefficient (Wildman–Crippen LogP) is 1.62. The van der Waals surface area contributed by atoms with Crippen LogP contribution in [0.1, 0.15) is 12.1 Å². The number of fused-ring (bicyclic) bond motifs is 2. The van der Waals surface area contributed by atoms with E-state index in [2.05, 4.69) is 4.98 Å². The van der Waals surface area contributed by atoms with Gasteiger partial charge in [0.2, 0.25) is 5.91 Å². The number of thiazole rings is 1. The number of allylic oxidation sites excluding steroid dienone is 2. The Morgan fingerprint density at radius 3 is 2.70 bits per heavy atom. The Bertz CT molecular complexity index is 555. The largest absolute Gasteiger partial charge is 0.481 e. The number of carboxylic acid groups (broad SMARTS) is 1. The number of rotatable bonds is 4. The zero-order valence-corrected chi connectivity index (χ0v) is 11.9. The summed E-state index contributed by atoms with van der Waals surface area (Å²) in [6.07, 6.45) is 4.74. The first-order chi connectivity index (χ1) is 9.58. The Morgan fingerprint density at radius 2 is 2.10 bits per heavy atom. The molecule has 0 aromatic carbocycles. The standard InChI is InChI=1S/C14H16N2O3S/c1-16(5-10-6-20-7-15-10)13(17)11-8-2-3-9(4-8)12(11)14(18)19/h2-3,6-9,11-12H,4-5H2,1H3,(H,18,19). The molecule has 2 bridgehead atoms. The number of aromatic nitrogens is 1. The molecule has 1 aromatic rings. The van der Waals surface area contributed by atoms with E-state index in [1.807, 2.05) is 17.5 Å². The van der Waals surface area contributed by atoms with E-state index >= 15 is 0 Å². The average molecular weight is 292 g/mol. The lowest BCUT2D eigenvalue weighted by molar-refractivity contribution is -0.150. The Balaban J connectivity index is 1.76. The fraction of sp³-hybridized carbons (Fsp3) is 0.500. The van der Waals surface area contributed by atoms with Crippen LogP contribution in [-0.2, 0) is 16.1 Å². The molecule has 0 saturated heterocycles. The van der Waals surface area contributed by atoms with Gasteiger partial charge in [-0.05, 0) is 18.3 Å². The monoisotopic (exact) mass is 292 g/mol. The van der Waals surface area contributed by atoms with Crippen molar-refractivity contribution in [1.29, 1.82) is 0 Å². The van der Waals surface area contributed by atoms with Crippen LogP contribution in [0, 0.1) is 23.7 Å². The minimum Gasteiger partial charge on any atom is -0.481 e. The van der Waals surface area contributed by atoms with Crippen LogP contribution in [0.4, 0.5) is 0 Å². The Morgan fingerprint density at radius 1 is 1.40 bits per heavy atom. The summed E-state index contributed by atoms with van der Waals surface area (Å²) < 4.78 is 0. The van der Waals surface area contributed by atoms with Gasteiger partial charge in [0.15, 0.2) is 0 Å². The molecule has 2 aliphatic carbocycles. The van der Waals surface area contributed by atoms with Gasteiger partial charge in [-0.25, -0.2) is 4.98 Å².